The van der Waals surface area contributed by atoms with E-state index in [2.05, 4.69) is 379 Å². The van der Waals surface area contributed by atoms with Crippen molar-refractivity contribution < 1.29 is 0 Å². The normalized spacial score (nSPS) is 14.5. The van der Waals surface area contributed by atoms with E-state index in [9.17, 15) is 0 Å². The van der Waals surface area contributed by atoms with Crippen molar-refractivity contribution in [2.75, 3.05) is 0 Å². The lowest BCUT2D eigenvalue weighted by molar-refractivity contribution is 0.558. The van der Waals surface area contributed by atoms with Crippen LogP contribution in [0.15, 0.2) is 109 Å². The number of rotatable bonds is 13. The molecule has 0 amide bonds. The first kappa shape index (κ1) is 80.0. The zero-order valence-corrected chi connectivity index (χ0v) is 72.0. The Bertz CT molecular complexity index is 3120. The SMILES string of the molecule is CC[Si](CC)(CC)[Si]([Si]C(c1cc(C(C)(C)C)cc(C(C)(C)C)c1)(c1cc(C(C)(C)C)cc(C(C)(C)C)c1)c1cc(C(C)(C)C)cc(C(C)(C)C)c1)C(c1cc(C(C)(C)C)cc(C(C)(C)C)c1)(c1cc(C(C)(C)C)cc(C(C)(C)C)c1)c1cc(C(C)(C)C)cc(C(C)(C)C)c1. The van der Waals surface area contributed by atoms with Gasteiger partial charge in [-0.2, -0.15) is 0 Å². The molecule has 95 heavy (non-hydrogen) atoms. The summed E-state index contributed by atoms with van der Waals surface area (Å²) in [7, 11) is -4.08. The lowest BCUT2D eigenvalue weighted by Gasteiger charge is -2.54. The van der Waals surface area contributed by atoms with E-state index in [0.717, 1.165) is 0 Å². The van der Waals surface area contributed by atoms with Crippen molar-refractivity contribution in [1.29, 1.82) is 0 Å². The number of hydrogen-bond donors (Lipinski definition) is 0. The van der Waals surface area contributed by atoms with Crippen molar-refractivity contribution in [3.63, 3.8) is 0 Å². The topological polar surface area (TPSA) is 0 Å². The van der Waals surface area contributed by atoms with Crippen molar-refractivity contribution in [2.45, 2.75) is 363 Å². The summed E-state index contributed by atoms with van der Waals surface area (Å²) in [6.45, 7) is 97.3. The smallest absolute Gasteiger partial charge is 0.0552 e. The zero-order valence-electron chi connectivity index (χ0n) is 69.0. The van der Waals surface area contributed by atoms with Gasteiger partial charge in [0.05, 0.1) is 16.9 Å². The quantitative estimate of drug-likeness (QED) is 0.0799. The van der Waals surface area contributed by atoms with Crippen LogP contribution in [-0.2, 0) is 75.1 Å². The fourth-order valence-corrected chi connectivity index (χ4v) is 41.1. The van der Waals surface area contributed by atoms with Gasteiger partial charge in [0.25, 0.3) is 0 Å². The first-order valence-electron chi connectivity index (χ1n) is 37.1. The van der Waals surface area contributed by atoms with E-state index < -0.39 is 25.5 Å². The number of benzene rings is 6. The number of hydrogen-bond acceptors (Lipinski definition) is 0. The molecule has 0 aromatic heterocycles. The predicted octanol–water partition coefficient (Wildman–Crippen LogP) is 26.4. The van der Waals surface area contributed by atoms with E-state index in [1.165, 1.54) is 118 Å². The highest BCUT2D eigenvalue weighted by molar-refractivity contribution is 7.54. The van der Waals surface area contributed by atoms with Crippen LogP contribution >= 0.6 is 0 Å². The Kier molecular flexibility index (Phi) is 22.0. The molecule has 0 bridgehead atoms. The molecule has 0 aliphatic carbocycles. The molecule has 6 aromatic rings. The second kappa shape index (κ2) is 26.2. The summed E-state index contributed by atoms with van der Waals surface area (Å²) >= 11 is 0. The van der Waals surface area contributed by atoms with Gasteiger partial charge in [-0.15, -0.1) is 0 Å². The predicted molar refractivity (Wildman–Crippen MR) is 432 cm³/mol. The highest BCUT2D eigenvalue weighted by Crippen LogP contribution is 2.56. The molecule has 0 unspecified atom stereocenters. The molecule has 0 heterocycles. The Hall–Kier alpha value is -4.03. The van der Waals surface area contributed by atoms with E-state index in [4.69, 9.17) is 0 Å². The maximum Gasteiger partial charge on any atom is 0.0552 e. The minimum atomic E-state index is -2.61. The molecule has 6 aromatic carbocycles. The third-order valence-corrected chi connectivity index (χ3v) is 46.5. The van der Waals surface area contributed by atoms with Crippen LogP contribution in [0.3, 0.4) is 0 Å². The molecule has 0 nitrogen and oxygen atoms in total. The summed E-state index contributed by atoms with van der Waals surface area (Å²) in [5, 5.41) is -1.29. The van der Waals surface area contributed by atoms with Gasteiger partial charge in [0.2, 0.25) is 0 Å². The monoisotopic (exact) mass is 1330 g/mol. The average molecular weight is 1330 g/mol. The summed E-state index contributed by atoms with van der Waals surface area (Å²) in [6.07, 6.45) is 0. The van der Waals surface area contributed by atoms with Gasteiger partial charge in [0, 0.05) is 17.7 Å². The third kappa shape index (κ3) is 17.1. The molecule has 0 saturated heterocycles. The molecule has 3 radical (unpaired) electrons. The fourth-order valence-electron chi connectivity index (χ4n) is 14.0. The Morgan fingerprint density at radius 1 is 0.200 bits per heavy atom. The molecule has 0 aliphatic heterocycles. The van der Waals surface area contributed by atoms with Crippen molar-refractivity contribution >= 4 is 24.5 Å². The van der Waals surface area contributed by atoms with Crippen LogP contribution in [0.1, 0.15) is 370 Å². The van der Waals surface area contributed by atoms with Gasteiger partial charge in [-0.25, -0.2) is 0 Å². The summed E-state index contributed by atoms with van der Waals surface area (Å²) in [4.78, 5) is 0. The van der Waals surface area contributed by atoms with Crippen LogP contribution in [-0.4, -0.2) is 24.5 Å². The van der Waals surface area contributed by atoms with Crippen molar-refractivity contribution in [1.82, 2.24) is 0 Å². The van der Waals surface area contributed by atoms with Gasteiger partial charge in [-0.3, -0.25) is 0 Å². The summed E-state index contributed by atoms with van der Waals surface area (Å²) in [5.41, 5.74) is 24.2. The molecule has 0 atom stereocenters. The maximum atomic E-state index is 2.82. The lowest BCUT2D eigenvalue weighted by Crippen LogP contribution is -2.69. The lowest BCUT2D eigenvalue weighted by atomic mass is 9.71. The van der Waals surface area contributed by atoms with Crippen LogP contribution in [0, 0.1) is 0 Å². The minimum Gasteiger partial charge on any atom is -0.0680 e. The first-order chi connectivity index (χ1) is 42.4. The molecule has 3 heteroatoms. The molecular weight excluding hydrogens is 1190 g/mol. The van der Waals surface area contributed by atoms with Crippen LogP contribution < -0.4 is 0 Å². The Morgan fingerprint density at radius 2 is 0.316 bits per heavy atom. The average Bonchev–Trinajstić information content (AvgIpc) is 0.694. The first-order valence-corrected chi connectivity index (χ1v) is 44.2. The standard InChI is InChI=1S/C92H141Si3/c1-40-95(41-2,42-3)94(92(76-55-67(85(22,23)24)46-68(56-76)86(25,26)27,77-57-69(87(28,29)30)47-70(58-77)88(31,32)33)78-59-71(89(34,35)36)48-72(60-78)90(37,38)39)93-91(73-49-61(79(4,5)6)43-62(50-73)80(7,8)9,74-51-63(81(10,11)12)44-64(52-74)82(13,14)15)75-53-65(83(16,17)18)45-66(54-75)84(19,20)21/h43-60H,40-42H2,1-39H3. The molecular formula is C92H141Si3. The third-order valence-electron chi connectivity index (χ3n) is 21.8. The van der Waals surface area contributed by atoms with Crippen LogP contribution in [0.4, 0.5) is 0 Å². The Labute approximate surface area is 593 Å². The van der Waals surface area contributed by atoms with Crippen LogP contribution in [0.5, 0.6) is 0 Å². The van der Waals surface area contributed by atoms with Gasteiger partial charge >= 0.3 is 0 Å². The molecule has 0 N–H and O–H groups in total. The zero-order chi connectivity index (χ0) is 73.0. The minimum absolute atomic E-state index is 0.144. The van der Waals surface area contributed by atoms with Gasteiger partial charge in [-0.05, 0) is 165 Å². The molecule has 6 rings (SSSR count). The fraction of sp³-hybridized carbons (Fsp3) is 0.609. The second-order valence-electron chi connectivity index (χ2n) is 42.1. The van der Waals surface area contributed by atoms with Crippen LogP contribution in [0.25, 0.3) is 0 Å². The van der Waals surface area contributed by atoms with Gasteiger partial charge in [0.15, 0.2) is 0 Å². The van der Waals surface area contributed by atoms with Crippen LogP contribution in [0.2, 0.25) is 18.1 Å². The van der Waals surface area contributed by atoms with E-state index in [1.807, 2.05) is 0 Å². The maximum absolute atomic E-state index is 2.82. The Morgan fingerprint density at radius 3 is 0.432 bits per heavy atom. The molecule has 0 aliphatic rings. The summed E-state index contributed by atoms with van der Waals surface area (Å²) < 4.78 is 0. The molecule has 0 fully saturated rings. The van der Waals surface area contributed by atoms with Crippen molar-refractivity contribution in [2.24, 2.45) is 0 Å². The van der Waals surface area contributed by atoms with Gasteiger partial charge < -0.3 is 0 Å². The van der Waals surface area contributed by atoms with E-state index in [0.29, 0.717) is 9.04 Å². The highest BCUT2D eigenvalue weighted by atomic mass is 29.6. The van der Waals surface area contributed by atoms with E-state index >= 15 is 0 Å². The molecule has 0 saturated carbocycles. The van der Waals surface area contributed by atoms with E-state index in [1.54, 1.807) is 0 Å². The highest BCUT2D eigenvalue weighted by Gasteiger charge is 2.59. The van der Waals surface area contributed by atoms with Crippen molar-refractivity contribution in [3.8, 4) is 0 Å². The summed E-state index contributed by atoms with van der Waals surface area (Å²) in [5.74, 6) is 0. The molecule has 0 spiro atoms. The van der Waals surface area contributed by atoms with E-state index in [-0.39, 0.29) is 65.0 Å². The molecule has 521 valence electrons. The second-order valence-corrected chi connectivity index (χ2v) is 57.7. The van der Waals surface area contributed by atoms with Crippen molar-refractivity contribution in [3.05, 3.63) is 209 Å². The largest absolute Gasteiger partial charge is 0.0680 e. The Balaban J connectivity index is 2.35. The van der Waals surface area contributed by atoms with Gasteiger partial charge in [0.1, 0.15) is 0 Å². The summed E-state index contributed by atoms with van der Waals surface area (Å²) in [6, 6.07) is 52.9. The van der Waals surface area contributed by atoms with Gasteiger partial charge in [-0.1, -0.05) is 397 Å².